The molecule has 1 aliphatic carbocycles. The van der Waals surface area contributed by atoms with Crippen LogP contribution >= 0.6 is 0 Å². The van der Waals surface area contributed by atoms with E-state index in [2.05, 4.69) is 0 Å². The van der Waals surface area contributed by atoms with Crippen LogP contribution in [0.4, 0.5) is 4.39 Å². The minimum Gasteiger partial charge on any atom is -0.324 e. The molecule has 1 aromatic rings. The molecular formula is C14H20FN. The number of halogens is 1. The molecule has 1 atom stereocenters. The van der Waals surface area contributed by atoms with Gasteiger partial charge in [0.05, 0.1) is 0 Å². The van der Waals surface area contributed by atoms with E-state index in [1.165, 1.54) is 31.7 Å². The number of benzene rings is 1. The SMILES string of the molecule is NC(CCC1CCCC1)c1ccccc1F. The van der Waals surface area contributed by atoms with Crippen molar-refractivity contribution >= 4 is 0 Å². The molecule has 0 amide bonds. The Labute approximate surface area is 96.9 Å². The van der Waals surface area contributed by atoms with Crippen molar-refractivity contribution in [3.05, 3.63) is 35.6 Å². The summed E-state index contributed by atoms with van der Waals surface area (Å²) in [5.74, 6) is 0.666. The predicted molar refractivity (Wildman–Crippen MR) is 64.5 cm³/mol. The average Bonchev–Trinajstić information content (AvgIpc) is 2.79. The number of hydrogen-bond donors (Lipinski definition) is 1. The molecule has 0 aromatic heterocycles. The standard InChI is InChI=1S/C14H20FN/c15-13-8-4-3-7-12(13)14(16)10-9-11-5-1-2-6-11/h3-4,7-8,11,14H,1-2,5-6,9-10,16H2. The third-order valence-electron chi connectivity index (χ3n) is 3.67. The van der Waals surface area contributed by atoms with Crippen LogP contribution in [-0.2, 0) is 0 Å². The Bertz CT molecular complexity index is 331. The van der Waals surface area contributed by atoms with E-state index in [0.29, 0.717) is 5.56 Å². The third kappa shape index (κ3) is 2.82. The van der Waals surface area contributed by atoms with Crippen molar-refractivity contribution in [1.82, 2.24) is 0 Å². The van der Waals surface area contributed by atoms with Gasteiger partial charge in [0.2, 0.25) is 0 Å². The Balaban J connectivity index is 1.87. The van der Waals surface area contributed by atoms with Crippen LogP contribution in [0.3, 0.4) is 0 Å². The summed E-state index contributed by atoms with van der Waals surface area (Å²) in [6.45, 7) is 0. The highest BCUT2D eigenvalue weighted by molar-refractivity contribution is 5.20. The van der Waals surface area contributed by atoms with Crippen LogP contribution in [0.5, 0.6) is 0 Å². The lowest BCUT2D eigenvalue weighted by Gasteiger charge is -2.15. The van der Waals surface area contributed by atoms with Gasteiger partial charge in [-0.3, -0.25) is 0 Å². The first-order valence-corrected chi connectivity index (χ1v) is 6.27. The summed E-state index contributed by atoms with van der Waals surface area (Å²) in [7, 11) is 0. The summed E-state index contributed by atoms with van der Waals surface area (Å²) in [6, 6.07) is 6.72. The summed E-state index contributed by atoms with van der Waals surface area (Å²) >= 11 is 0. The van der Waals surface area contributed by atoms with Gasteiger partial charge in [-0.05, 0) is 24.8 Å². The molecule has 0 heterocycles. The first-order chi connectivity index (χ1) is 7.77. The largest absolute Gasteiger partial charge is 0.324 e. The Hall–Kier alpha value is -0.890. The van der Waals surface area contributed by atoms with Crippen molar-refractivity contribution in [3.63, 3.8) is 0 Å². The maximum atomic E-state index is 13.5. The predicted octanol–water partition coefficient (Wildman–Crippen LogP) is 3.80. The van der Waals surface area contributed by atoms with Gasteiger partial charge in [0.25, 0.3) is 0 Å². The molecule has 1 aromatic carbocycles. The highest BCUT2D eigenvalue weighted by Gasteiger charge is 2.17. The molecule has 1 nitrogen and oxygen atoms in total. The van der Waals surface area contributed by atoms with Crippen molar-refractivity contribution in [2.75, 3.05) is 0 Å². The van der Waals surface area contributed by atoms with Gasteiger partial charge in [0, 0.05) is 11.6 Å². The zero-order valence-electron chi connectivity index (χ0n) is 9.66. The molecule has 0 aliphatic heterocycles. The van der Waals surface area contributed by atoms with E-state index in [9.17, 15) is 4.39 Å². The maximum Gasteiger partial charge on any atom is 0.127 e. The van der Waals surface area contributed by atoms with Crippen molar-refractivity contribution in [2.45, 2.75) is 44.6 Å². The normalized spacial score (nSPS) is 18.9. The van der Waals surface area contributed by atoms with Gasteiger partial charge in [-0.15, -0.1) is 0 Å². The summed E-state index contributed by atoms with van der Waals surface area (Å²) < 4.78 is 13.5. The van der Waals surface area contributed by atoms with Gasteiger partial charge < -0.3 is 5.73 Å². The fraction of sp³-hybridized carbons (Fsp3) is 0.571. The lowest BCUT2D eigenvalue weighted by molar-refractivity contribution is 0.446. The molecule has 0 saturated heterocycles. The fourth-order valence-electron chi connectivity index (χ4n) is 2.65. The van der Waals surface area contributed by atoms with Crippen LogP contribution in [-0.4, -0.2) is 0 Å². The van der Waals surface area contributed by atoms with Crippen LogP contribution in [0.1, 0.15) is 50.1 Å². The van der Waals surface area contributed by atoms with Crippen LogP contribution in [0.25, 0.3) is 0 Å². The van der Waals surface area contributed by atoms with Crippen molar-refractivity contribution < 1.29 is 4.39 Å². The highest BCUT2D eigenvalue weighted by Crippen LogP contribution is 2.31. The second-order valence-corrected chi connectivity index (χ2v) is 4.86. The Morgan fingerprint density at radius 2 is 1.94 bits per heavy atom. The van der Waals surface area contributed by atoms with Gasteiger partial charge in [0.15, 0.2) is 0 Å². The van der Waals surface area contributed by atoms with E-state index in [1.54, 1.807) is 12.1 Å². The van der Waals surface area contributed by atoms with Gasteiger partial charge >= 0.3 is 0 Å². The lowest BCUT2D eigenvalue weighted by atomic mass is 9.95. The highest BCUT2D eigenvalue weighted by atomic mass is 19.1. The van der Waals surface area contributed by atoms with Crippen molar-refractivity contribution in [2.24, 2.45) is 11.7 Å². The van der Waals surface area contributed by atoms with Gasteiger partial charge in [-0.25, -0.2) is 4.39 Å². The first-order valence-electron chi connectivity index (χ1n) is 6.27. The second-order valence-electron chi connectivity index (χ2n) is 4.86. The molecule has 1 aliphatic rings. The molecule has 88 valence electrons. The number of rotatable bonds is 4. The molecule has 16 heavy (non-hydrogen) atoms. The third-order valence-corrected chi connectivity index (χ3v) is 3.67. The summed E-state index contributed by atoms with van der Waals surface area (Å²) in [4.78, 5) is 0. The molecule has 0 bridgehead atoms. The van der Waals surface area contributed by atoms with Crippen LogP contribution in [0.15, 0.2) is 24.3 Å². The molecule has 2 N–H and O–H groups in total. The van der Waals surface area contributed by atoms with E-state index in [0.717, 1.165) is 18.8 Å². The minimum atomic E-state index is -0.165. The van der Waals surface area contributed by atoms with E-state index in [-0.39, 0.29) is 11.9 Å². The molecule has 1 saturated carbocycles. The van der Waals surface area contributed by atoms with Crippen molar-refractivity contribution in [3.8, 4) is 0 Å². The smallest absolute Gasteiger partial charge is 0.127 e. The topological polar surface area (TPSA) is 26.0 Å². The molecule has 1 fully saturated rings. The van der Waals surface area contributed by atoms with Crippen molar-refractivity contribution in [1.29, 1.82) is 0 Å². The second kappa shape index (κ2) is 5.44. The Morgan fingerprint density at radius 3 is 2.62 bits per heavy atom. The summed E-state index contributed by atoms with van der Waals surface area (Å²) in [5, 5.41) is 0. The van der Waals surface area contributed by atoms with E-state index in [1.807, 2.05) is 6.07 Å². The molecule has 2 heteroatoms. The minimum absolute atomic E-state index is 0.137. The zero-order chi connectivity index (χ0) is 11.4. The Morgan fingerprint density at radius 1 is 1.25 bits per heavy atom. The summed E-state index contributed by atoms with van der Waals surface area (Å²) in [5.41, 5.74) is 6.70. The average molecular weight is 221 g/mol. The molecule has 2 rings (SSSR count). The zero-order valence-corrected chi connectivity index (χ0v) is 9.66. The quantitative estimate of drug-likeness (QED) is 0.822. The van der Waals surface area contributed by atoms with Crippen LogP contribution in [0.2, 0.25) is 0 Å². The van der Waals surface area contributed by atoms with E-state index in [4.69, 9.17) is 5.73 Å². The number of hydrogen-bond acceptors (Lipinski definition) is 1. The molecule has 0 spiro atoms. The maximum absolute atomic E-state index is 13.5. The molecule has 1 unspecified atom stereocenters. The summed E-state index contributed by atoms with van der Waals surface area (Å²) in [6.07, 6.45) is 7.45. The first kappa shape index (κ1) is 11.6. The van der Waals surface area contributed by atoms with Gasteiger partial charge in [0.1, 0.15) is 5.82 Å². The molecular weight excluding hydrogens is 201 g/mol. The van der Waals surface area contributed by atoms with Gasteiger partial charge in [-0.1, -0.05) is 43.9 Å². The van der Waals surface area contributed by atoms with Gasteiger partial charge in [-0.2, -0.15) is 0 Å². The fourth-order valence-corrected chi connectivity index (χ4v) is 2.65. The van der Waals surface area contributed by atoms with Crippen LogP contribution < -0.4 is 5.73 Å². The molecule has 0 radical (unpaired) electrons. The lowest BCUT2D eigenvalue weighted by Crippen LogP contribution is -2.13. The Kier molecular flexibility index (Phi) is 3.94. The monoisotopic (exact) mass is 221 g/mol. The van der Waals surface area contributed by atoms with E-state index >= 15 is 0 Å². The van der Waals surface area contributed by atoms with Crippen LogP contribution in [0, 0.1) is 11.7 Å². The number of nitrogens with two attached hydrogens (primary N) is 1. The van der Waals surface area contributed by atoms with E-state index < -0.39 is 0 Å².